The van der Waals surface area contributed by atoms with E-state index in [1.165, 1.54) is 12.1 Å². The number of likely N-dealkylation sites (N-methyl/N-ethyl adjacent to an activating group) is 1. The molecule has 0 aromatic heterocycles. The molecule has 1 amide bonds. The largest absolute Gasteiger partial charge is 0.477 e. The van der Waals surface area contributed by atoms with Gasteiger partial charge in [0.1, 0.15) is 0 Å². The van der Waals surface area contributed by atoms with Crippen molar-refractivity contribution in [2.75, 3.05) is 13.6 Å². The monoisotopic (exact) mass is 238 g/mol. The van der Waals surface area contributed by atoms with Crippen LogP contribution >= 0.6 is 0 Å². The van der Waals surface area contributed by atoms with Crippen LogP contribution in [0.4, 0.5) is 4.39 Å². The summed E-state index contributed by atoms with van der Waals surface area (Å²) in [6.07, 6.45) is 0.0196. The smallest absolute Gasteiger partial charge is 0.263 e. The Labute approximate surface area is 99.2 Å². The Kier molecular flexibility index (Phi) is 3.28. The van der Waals surface area contributed by atoms with Crippen LogP contribution in [0.2, 0.25) is 0 Å². The predicted molar refractivity (Wildman–Crippen MR) is 61.0 cm³/mol. The highest BCUT2D eigenvalue weighted by atomic mass is 19.1. The predicted octanol–water partition coefficient (Wildman–Crippen LogP) is 0.894. The number of hydrogen-bond acceptors (Lipinski definition) is 3. The second kappa shape index (κ2) is 4.71. The highest BCUT2D eigenvalue weighted by Crippen LogP contribution is 2.22. The van der Waals surface area contributed by atoms with Gasteiger partial charge in [-0.3, -0.25) is 4.79 Å². The Morgan fingerprint density at radius 3 is 2.88 bits per heavy atom. The number of carbonyl (C=O) groups is 1. The van der Waals surface area contributed by atoms with Gasteiger partial charge in [0.2, 0.25) is 0 Å². The molecule has 0 spiro atoms. The summed E-state index contributed by atoms with van der Waals surface area (Å²) < 4.78 is 19.0. The van der Waals surface area contributed by atoms with Gasteiger partial charge in [0.05, 0.1) is 0 Å². The van der Waals surface area contributed by atoms with Gasteiger partial charge in [0.15, 0.2) is 17.7 Å². The molecule has 1 aliphatic rings. The Morgan fingerprint density at radius 2 is 2.35 bits per heavy atom. The lowest BCUT2D eigenvalue weighted by atomic mass is 10.2. The average Bonchev–Trinajstić information content (AvgIpc) is 2.63. The van der Waals surface area contributed by atoms with Crippen LogP contribution in [0.1, 0.15) is 12.0 Å². The lowest BCUT2D eigenvalue weighted by Crippen LogP contribution is -2.29. The number of benzene rings is 1. The van der Waals surface area contributed by atoms with E-state index in [2.05, 4.69) is 0 Å². The maximum absolute atomic E-state index is 13.6. The molecule has 2 rings (SSSR count). The summed E-state index contributed by atoms with van der Waals surface area (Å²) in [6.45, 7) is 0.925. The van der Waals surface area contributed by atoms with E-state index >= 15 is 0 Å². The Balaban J connectivity index is 2.11. The molecular formula is C12H15FN2O2. The van der Waals surface area contributed by atoms with Crippen molar-refractivity contribution in [2.24, 2.45) is 5.73 Å². The molecule has 1 heterocycles. The number of amides is 1. The first-order chi connectivity index (χ1) is 8.11. The Bertz CT molecular complexity index is 437. The second-order valence-electron chi connectivity index (χ2n) is 4.12. The van der Waals surface area contributed by atoms with E-state index in [9.17, 15) is 9.18 Å². The van der Waals surface area contributed by atoms with E-state index in [1.807, 2.05) is 0 Å². The molecule has 5 heteroatoms. The van der Waals surface area contributed by atoms with Gasteiger partial charge in [-0.15, -0.1) is 0 Å². The van der Waals surface area contributed by atoms with Gasteiger partial charge in [0.25, 0.3) is 5.91 Å². The minimum Gasteiger partial charge on any atom is -0.477 e. The van der Waals surface area contributed by atoms with Crippen LogP contribution in [0.15, 0.2) is 18.2 Å². The molecule has 1 aliphatic heterocycles. The topological polar surface area (TPSA) is 55.6 Å². The number of likely N-dealkylation sites (tertiary alicyclic amines) is 1. The standard InChI is InChI=1S/C12H15FN2O2/c1-15-5-4-11(12(15)16)17-10-3-2-8(7-14)6-9(10)13/h2-3,6,11H,4-5,7,14H2,1H3. The van der Waals surface area contributed by atoms with Crippen molar-refractivity contribution in [3.8, 4) is 5.75 Å². The van der Waals surface area contributed by atoms with Gasteiger partial charge in [-0.2, -0.15) is 0 Å². The fourth-order valence-electron chi connectivity index (χ4n) is 1.82. The summed E-state index contributed by atoms with van der Waals surface area (Å²) in [6, 6.07) is 4.54. The Morgan fingerprint density at radius 1 is 1.59 bits per heavy atom. The van der Waals surface area contributed by atoms with Gasteiger partial charge >= 0.3 is 0 Å². The highest BCUT2D eigenvalue weighted by Gasteiger charge is 2.31. The van der Waals surface area contributed by atoms with Crippen LogP contribution in [-0.4, -0.2) is 30.5 Å². The van der Waals surface area contributed by atoms with Crippen LogP contribution in [0.5, 0.6) is 5.75 Å². The fourth-order valence-corrected chi connectivity index (χ4v) is 1.82. The van der Waals surface area contributed by atoms with Gasteiger partial charge in [-0.05, 0) is 17.7 Å². The molecule has 1 saturated heterocycles. The number of hydrogen-bond donors (Lipinski definition) is 1. The number of nitrogens with zero attached hydrogens (tertiary/aromatic N) is 1. The van der Waals surface area contributed by atoms with E-state index in [0.717, 1.165) is 0 Å². The number of carbonyl (C=O) groups excluding carboxylic acids is 1. The molecule has 0 radical (unpaired) electrons. The van der Waals surface area contributed by atoms with Gasteiger partial charge in [-0.1, -0.05) is 6.07 Å². The van der Waals surface area contributed by atoms with Crippen LogP contribution in [0, 0.1) is 5.82 Å². The molecule has 1 aromatic carbocycles. The molecule has 0 aliphatic carbocycles. The number of nitrogens with two attached hydrogens (primary N) is 1. The molecule has 1 aromatic rings. The molecule has 0 bridgehead atoms. The molecule has 1 fully saturated rings. The zero-order valence-electron chi connectivity index (χ0n) is 9.65. The fraction of sp³-hybridized carbons (Fsp3) is 0.417. The quantitative estimate of drug-likeness (QED) is 0.851. The molecule has 1 unspecified atom stereocenters. The highest BCUT2D eigenvalue weighted by molar-refractivity contribution is 5.83. The molecular weight excluding hydrogens is 223 g/mol. The third-order valence-corrected chi connectivity index (χ3v) is 2.88. The molecule has 4 nitrogen and oxygen atoms in total. The summed E-state index contributed by atoms with van der Waals surface area (Å²) in [5.41, 5.74) is 6.10. The number of rotatable bonds is 3. The first-order valence-corrected chi connectivity index (χ1v) is 5.52. The molecule has 92 valence electrons. The van der Waals surface area contributed by atoms with E-state index in [-0.39, 0.29) is 18.2 Å². The van der Waals surface area contributed by atoms with Crippen LogP contribution in [0.25, 0.3) is 0 Å². The van der Waals surface area contributed by atoms with Crippen molar-refractivity contribution >= 4 is 5.91 Å². The lowest BCUT2D eigenvalue weighted by molar-refractivity contribution is -0.132. The lowest BCUT2D eigenvalue weighted by Gasteiger charge is -2.13. The minimum absolute atomic E-state index is 0.104. The molecule has 17 heavy (non-hydrogen) atoms. The maximum Gasteiger partial charge on any atom is 0.263 e. The van der Waals surface area contributed by atoms with E-state index in [4.69, 9.17) is 10.5 Å². The second-order valence-corrected chi connectivity index (χ2v) is 4.12. The third-order valence-electron chi connectivity index (χ3n) is 2.88. The van der Waals surface area contributed by atoms with Gasteiger partial charge in [0, 0.05) is 26.6 Å². The normalized spacial score (nSPS) is 19.8. The van der Waals surface area contributed by atoms with Crippen molar-refractivity contribution < 1.29 is 13.9 Å². The Hall–Kier alpha value is -1.62. The van der Waals surface area contributed by atoms with Crippen LogP contribution in [-0.2, 0) is 11.3 Å². The minimum atomic E-state index is -0.571. The zero-order chi connectivity index (χ0) is 12.4. The summed E-state index contributed by atoms with van der Waals surface area (Å²) in [7, 11) is 1.71. The molecule has 1 atom stereocenters. The van der Waals surface area contributed by atoms with Gasteiger partial charge in [-0.25, -0.2) is 4.39 Å². The number of halogens is 1. The van der Waals surface area contributed by atoms with Crippen molar-refractivity contribution in [1.82, 2.24) is 4.90 Å². The van der Waals surface area contributed by atoms with E-state index < -0.39 is 11.9 Å². The maximum atomic E-state index is 13.6. The zero-order valence-corrected chi connectivity index (χ0v) is 9.65. The van der Waals surface area contributed by atoms with Crippen LogP contribution < -0.4 is 10.5 Å². The first-order valence-electron chi connectivity index (χ1n) is 5.52. The molecule has 2 N–H and O–H groups in total. The SMILES string of the molecule is CN1CCC(Oc2ccc(CN)cc2F)C1=O. The summed E-state index contributed by atoms with van der Waals surface area (Å²) >= 11 is 0. The van der Waals surface area contributed by atoms with Crippen LogP contribution in [0.3, 0.4) is 0 Å². The number of ether oxygens (including phenoxy) is 1. The summed E-state index contributed by atoms with van der Waals surface area (Å²) in [4.78, 5) is 13.2. The van der Waals surface area contributed by atoms with Crippen molar-refractivity contribution in [3.63, 3.8) is 0 Å². The average molecular weight is 238 g/mol. The summed E-state index contributed by atoms with van der Waals surface area (Å²) in [5, 5.41) is 0. The van der Waals surface area contributed by atoms with Crippen molar-refractivity contribution in [2.45, 2.75) is 19.1 Å². The van der Waals surface area contributed by atoms with Crippen molar-refractivity contribution in [3.05, 3.63) is 29.6 Å². The summed E-state index contributed by atoms with van der Waals surface area (Å²) in [5.74, 6) is -0.474. The van der Waals surface area contributed by atoms with E-state index in [0.29, 0.717) is 18.5 Å². The first kappa shape index (κ1) is 11.9. The van der Waals surface area contributed by atoms with E-state index in [1.54, 1.807) is 18.0 Å². The van der Waals surface area contributed by atoms with Gasteiger partial charge < -0.3 is 15.4 Å². The van der Waals surface area contributed by atoms with Crippen molar-refractivity contribution in [1.29, 1.82) is 0 Å². The third kappa shape index (κ3) is 2.39. The molecule has 0 saturated carbocycles.